The second-order valence-corrected chi connectivity index (χ2v) is 6.35. The van der Waals surface area contributed by atoms with Gasteiger partial charge in [-0.1, -0.05) is 36.4 Å². The number of aromatic nitrogens is 1. The average molecular weight is 350 g/mol. The van der Waals surface area contributed by atoms with Crippen molar-refractivity contribution in [1.82, 2.24) is 9.88 Å². The molecule has 0 aliphatic heterocycles. The fourth-order valence-corrected chi connectivity index (χ4v) is 2.88. The van der Waals surface area contributed by atoms with Gasteiger partial charge in [-0.3, -0.25) is 14.6 Å². The lowest BCUT2D eigenvalue weighted by Gasteiger charge is -2.26. The molecule has 1 aromatic heterocycles. The Morgan fingerprint density at radius 3 is 2.19 bits per heavy atom. The normalized spacial score (nSPS) is 12.3. The van der Waals surface area contributed by atoms with Crippen LogP contribution >= 0.6 is 0 Å². The van der Waals surface area contributed by atoms with Crippen molar-refractivity contribution in [3.8, 4) is 0 Å². The van der Waals surface area contributed by atoms with Crippen LogP contribution in [0.1, 0.15) is 17.3 Å². The minimum atomic E-state index is -0.482. The minimum absolute atomic E-state index is 0.0873. The molecule has 3 rings (SSSR count). The van der Waals surface area contributed by atoms with Crippen LogP contribution in [0, 0.1) is 0 Å². The number of benzene rings is 1. The lowest BCUT2D eigenvalue weighted by Crippen LogP contribution is -2.39. The maximum Gasteiger partial charge on any atom is 0.253 e. The first-order valence-corrected chi connectivity index (χ1v) is 8.50. The van der Waals surface area contributed by atoms with Gasteiger partial charge in [0.1, 0.15) is 11.4 Å². The molecule has 0 spiro atoms. The molecule has 0 radical (unpaired) electrons. The van der Waals surface area contributed by atoms with E-state index in [1.807, 2.05) is 50.5 Å². The summed E-state index contributed by atoms with van der Waals surface area (Å²) in [5.74, 6) is 0. The Morgan fingerprint density at radius 2 is 1.58 bits per heavy atom. The topological polar surface area (TPSA) is 74.3 Å². The van der Waals surface area contributed by atoms with Crippen LogP contribution in [0.4, 0.5) is 11.4 Å². The Labute approximate surface area is 152 Å². The van der Waals surface area contributed by atoms with Crippen LogP contribution in [-0.2, 0) is 6.54 Å². The molecule has 0 aliphatic carbocycles. The molecule has 0 saturated carbocycles. The molecular weight excluding hydrogens is 328 g/mol. The fourth-order valence-electron chi connectivity index (χ4n) is 2.88. The standard InChI is InChI=1S/C20H22N4O2/c1-24(2)16(14-8-4-3-5-9-14)13-23-18-17(19(25)20(18)26)22-12-15-10-6-7-11-21-15/h3-11,16,22-23H,12-13H2,1-2H3/t16-/m0/s1. The molecule has 0 aliphatic rings. The third kappa shape index (κ3) is 3.81. The minimum Gasteiger partial charge on any atom is -0.378 e. The van der Waals surface area contributed by atoms with Crippen molar-refractivity contribution in [1.29, 1.82) is 0 Å². The van der Waals surface area contributed by atoms with Crippen molar-refractivity contribution in [3.05, 3.63) is 86.4 Å². The highest BCUT2D eigenvalue weighted by Crippen LogP contribution is 2.21. The van der Waals surface area contributed by atoms with Gasteiger partial charge in [-0.15, -0.1) is 0 Å². The summed E-state index contributed by atoms with van der Waals surface area (Å²) < 4.78 is 0. The molecule has 0 fully saturated rings. The van der Waals surface area contributed by atoms with Gasteiger partial charge in [0.15, 0.2) is 0 Å². The van der Waals surface area contributed by atoms with E-state index in [2.05, 4.69) is 32.7 Å². The first-order chi connectivity index (χ1) is 12.6. The number of hydrogen-bond donors (Lipinski definition) is 2. The van der Waals surface area contributed by atoms with E-state index in [4.69, 9.17) is 0 Å². The van der Waals surface area contributed by atoms with Gasteiger partial charge in [0.2, 0.25) is 0 Å². The van der Waals surface area contributed by atoms with Crippen molar-refractivity contribution < 1.29 is 0 Å². The van der Waals surface area contributed by atoms with E-state index in [0.717, 1.165) is 11.3 Å². The third-order valence-electron chi connectivity index (χ3n) is 4.36. The molecule has 6 heteroatoms. The lowest BCUT2D eigenvalue weighted by molar-refractivity contribution is 0.312. The maximum absolute atomic E-state index is 12.0. The molecule has 0 bridgehead atoms. The van der Waals surface area contributed by atoms with E-state index in [1.165, 1.54) is 0 Å². The average Bonchev–Trinajstić information content (AvgIpc) is 2.67. The summed E-state index contributed by atoms with van der Waals surface area (Å²) >= 11 is 0. The van der Waals surface area contributed by atoms with Crippen LogP contribution in [-0.4, -0.2) is 30.5 Å². The van der Waals surface area contributed by atoms with Gasteiger partial charge in [0, 0.05) is 12.7 Å². The largest absolute Gasteiger partial charge is 0.378 e. The van der Waals surface area contributed by atoms with Crippen LogP contribution < -0.4 is 21.5 Å². The molecule has 6 nitrogen and oxygen atoms in total. The summed E-state index contributed by atoms with van der Waals surface area (Å²) in [5.41, 5.74) is 1.69. The zero-order chi connectivity index (χ0) is 18.5. The van der Waals surface area contributed by atoms with Crippen molar-refractivity contribution >= 4 is 11.4 Å². The van der Waals surface area contributed by atoms with Crippen LogP contribution in [0.15, 0.2) is 64.3 Å². The fraction of sp³-hybridized carbons (Fsp3) is 0.250. The summed E-state index contributed by atoms with van der Waals surface area (Å²) in [4.78, 5) is 30.1. The Bertz CT molecular complexity index is 916. The highest BCUT2D eigenvalue weighted by Gasteiger charge is 2.22. The molecule has 0 amide bonds. The number of hydrogen-bond acceptors (Lipinski definition) is 6. The number of nitrogens with one attached hydrogen (secondary N) is 2. The molecule has 26 heavy (non-hydrogen) atoms. The van der Waals surface area contributed by atoms with Crippen LogP contribution in [0.25, 0.3) is 0 Å². The first-order valence-electron chi connectivity index (χ1n) is 8.50. The molecule has 3 aromatic rings. The summed E-state index contributed by atoms with van der Waals surface area (Å²) in [5, 5.41) is 6.18. The summed E-state index contributed by atoms with van der Waals surface area (Å²) in [6.07, 6.45) is 1.69. The molecule has 134 valence electrons. The lowest BCUT2D eigenvalue weighted by atomic mass is 10.1. The zero-order valence-corrected chi connectivity index (χ0v) is 14.9. The Kier molecular flexibility index (Phi) is 5.43. The molecule has 2 N–H and O–H groups in total. The van der Waals surface area contributed by atoms with Crippen molar-refractivity contribution in [2.75, 3.05) is 31.3 Å². The smallest absolute Gasteiger partial charge is 0.253 e. The van der Waals surface area contributed by atoms with Gasteiger partial charge in [0.05, 0.1) is 18.3 Å². The van der Waals surface area contributed by atoms with E-state index in [0.29, 0.717) is 24.5 Å². The van der Waals surface area contributed by atoms with Gasteiger partial charge in [0.25, 0.3) is 10.9 Å². The predicted octanol–water partition coefficient (Wildman–Crippen LogP) is 2.00. The van der Waals surface area contributed by atoms with Crippen molar-refractivity contribution in [2.45, 2.75) is 12.6 Å². The highest BCUT2D eigenvalue weighted by atomic mass is 16.2. The molecule has 0 saturated heterocycles. The molecule has 0 unspecified atom stereocenters. The van der Waals surface area contributed by atoms with E-state index in [9.17, 15) is 9.59 Å². The van der Waals surface area contributed by atoms with Crippen molar-refractivity contribution in [3.63, 3.8) is 0 Å². The van der Waals surface area contributed by atoms with Crippen LogP contribution in [0.2, 0.25) is 0 Å². The van der Waals surface area contributed by atoms with Crippen molar-refractivity contribution in [2.24, 2.45) is 0 Å². The zero-order valence-electron chi connectivity index (χ0n) is 14.9. The van der Waals surface area contributed by atoms with E-state index >= 15 is 0 Å². The van der Waals surface area contributed by atoms with E-state index in [-0.39, 0.29) is 6.04 Å². The Balaban J connectivity index is 1.69. The first kappa shape index (κ1) is 17.8. The number of pyridine rings is 1. The Hall–Kier alpha value is -2.99. The molecule has 1 heterocycles. The Morgan fingerprint density at radius 1 is 0.923 bits per heavy atom. The second-order valence-electron chi connectivity index (χ2n) is 6.35. The molecule has 1 atom stereocenters. The van der Waals surface area contributed by atoms with Gasteiger partial charge < -0.3 is 15.5 Å². The predicted molar refractivity (Wildman–Crippen MR) is 104 cm³/mol. The number of rotatable bonds is 8. The number of anilines is 2. The quantitative estimate of drug-likeness (QED) is 0.606. The number of likely N-dealkylation sites (N-methyl/N-ethyl adjacent to an activating group) is 1. The van der Waals surface area contributed by atoms with Gasteiger partial charge in [-0.2, -0.15) is 0 Å². The van der Waals surface area contributed by atoms with Gasteiger partial charge >= 0.3 is 0 Å². The summed E-state index contributed by atoms with van der Waals surface area (Å²) in [7, 11) is 3.98. The van der Waals surface area contributed by atoms with E-state index in [1.54, 1.807) is 6.20 Å². The van der Waals surface area contributed by atoms with Crippen LogP contribution in [0.5, 0.6) is 0 Å². The second kappa shape index (κ2) is 7.93. The molecule has 2 aromatic carbocycles. The summed E-state index contributed by atoms with van der Waals surface area (Å²) in [6, 6.07) is 15.7. The molecular formula is C20H22N4O2. The maximum atomic E-state index is 12.0. The van der Waals surface area contributed by atoms with Gasteiger partial charge in [-0.05, 0) is 31.8 Å². The number of nitrogens with zero attached hydrogens (tertiary/aromatic N) is 2. The van der Waals surface area contributed by atoms with Gasteiger partial charge in [-0.25, -0.2) is 0 Å². The van der Waals surface area contributed by atoms with Crippen LogP contribution in [0.3, 0.4) is 0 Å². The SMILES string of the molecule is CN(C)[C@@H](CNc1c(NCc2ccccn2)c(=O)c1=O)c1ccccc1. The highest BCUT2D eigenvalue weighted by molar-refractivity contribution is 5.74. The third-order valence-corrected chi connectivity index (χ3v) is 4.36. The monoisotopic (exact) mass is 350 g/mol. The van der Waals surface area contributed by atoms with E-state index < -0.39 is 10.9 Å². The summed E-state index contributed by atoms with van der Waals surface area (Å²) in [6.45, 7) is 0.927.